The van der Waals surface area contributed by atoms with Crippen molar-refractivity contribution in [1.82, 2.24) is 15.1 Å². The first-order valence-electron chi connectivity index (χ1n) is 12.0. The first kappa shape index (κ1) is 23.4. The monoisotopic (exact) mass is 493 g/mol. The number of aryl methyl sites for hydroxylation is 1. The number of halogens is 1. The van der Waals surface area contributed by atoms with Crippen LogP contribution >= 0.6 is 11.6 Å². The third-order valence-electron chi connectivity index (χ3n) is 7.30. The van der Waals surface area contributed by atoms with Crippen molar-refractivity contribution in [1.29, 1.82) is 0 Å². The molecule has 0 unspecified atom stereocenters. The van der Waals surface area contributed by atoms with Gasteiger partial charge in [0.1, 0.15) is 11.7 Å². The van der Waals surface area contributed by atoms with Crippen LogP contribution in [-0.4, -0.2) is 27.6 Å². The highest BCUT2D eigenvalue weighted by molar-refractivity contribution is 6.33. The molecule has 8 nitrogen and oxygen atoms in total. The molecule has 3 aromatic rings. The number of anilines is 1. The van der Waals surface area contributed by atoms with Gasteiger partial charge in [-0.2, -0.15) is 9.83 Å². The molecule has 0 aliphatic heterocycles. The summed E-state index contributed by atoms with van der Waals surface area (Å²) in [5.74, 6) is 0.940. The van der Waals surface area contributed by atoms with E-state index in [0.717, 1.165) is 23.1 Å². The molecule has 2 fully saturated rings. The van der Waals surface area contributed by atoms with Crippen LogP contribution in [0, 0.1) is 29.9 Å². The van der Waals surface area contributed by atoms with Gasteiger partial charge in [0.25, 0.3) is 5.91 Å². The maximum atomic E-state index is 13.4. The van der Waals surface area contributed by atoms with Crippen molar-refractivity contribution in [3.63, 3.8) is 0 Å². The van der Waals surface area contributed by atoms with Gasteiger partial charge in [-0.05, 0) is 67.7 Å². The minimum Gasteiger partial charge on any atom is -0.618 e. The molecular formula is C26H28ClN5O3. The van der Waals surface area contributed by atoms with Gasteiger partial charge in [-0.15, -0.1) is 0 Å². The lowest BCUT2D eigenvalue weighted by Crippen LogP contribution is -2.48. The standard InChI is InChI=1S/C26H28ClN5O3/c1-3-31-22(8-10-28-31)25(33)30-24(19-13-17-12-18(17)14-19)26(34)29-20-6-4-16(5-7-20)23-15(2)32(35)11-9-21(23)27/h4-11,17-19,24H,3,12-14H2,1-2H3,(H,29,34)(H,30,33)/t17-,18-,24-/m0/s1. The zero-order chi connectivity index (χ0) is 24.7. The van der Waals surface area contributed by atoms with Crippen LogP contribution in [0.2, 0.25) is 5.02 Å². The first-order valence-corrected chi connectivity index (χ1v) is 12.4. The Morgan fingerprint density at radius 3 is 2.57 bits per heavy atom. The Balaban J connectivity index is 1.33. The Morgan fingerprint density at radius 1 is 1.17 bits per heavy atom. The summed E-state index contributed by atoms with van der Waals surface area (Å²) in [6.07, 6.45) is 6.11. The van der Waals surface area contributed by atoms with Gasteiger partial charge in [0.05, 0.1) is 10.6 Å². The summed E-state index contributed by atoms with van der Waals surface area (Å²) >= 11 is 6.33. The zero-order valence-electron chi connectivity index (χ0n) is 19.7. The highest BCUT2D eigenvalue weighted by Gasteiger charge is 2.49. The molecule has 0 radical (unpaired) electrons. The highest BCUT2D eigenvalue weighted by Crippen LogP contribution is 2.55. The lowest BCUT2D eigenvalue weighted by molar-refractivity contribution is -0.611. The number of carbonyl (C=O) groups is 2. The SMILES string of the molecule is CCn1nccc1C(=O)N[C@H](C(=O)Nc1ccc(-c2c(Cl)cc[n+]([O-])c2C)cc1)C1C[C@@H]2C[C@H]2C1. The zero-order valence-corrected chi connectivity index (χ0v) is 20.5. The molecule has 2 amide bonds. The van der Waals surface area contributed by atoms with Crippen molar-refractivity contribution in [3.05, 3.63) is 70.4 Å². The van der Waals surface area contributed by atoms with Gasteiger partial charge in [0, 0.05) is 31.4 Å². The Morgan fingerprint density at radius 2 is 1.89 bits per heavy atom. The molecule has 2 N–H and O–H groups in total. The Kier molecular flexibility index (Phi) is 6.23. The molecule has 182 valence electrons. The normalized spacial score (nSPS) is 19.7. The fourth-order valence-corrected chi connectivity index (χ4v) is 5.62. The number of carbonyl (C=O) groups excluding carboxylic acids is 2. The average Bonchev–Trinajstić information content (AvgIpc) is 3.22. The number of hydrogen-bond donors (Lipinski definition) is 2. The minimum absolute atomic E-state index is 0.109. The summed E-state index contributed by atoms with van der Waals surface area (Å²) in [5.41, 5.74) is 3.00. The van der Waals surface area contributed by atoms with Gasteiger partial charge in [0.15, 0.2) is 11.9 Å². The van der Waals surface area contributed by atoms with E-state index in [1.807, 2.05) is 19.1 Å². The number of nitrogens with zero attached hydrogens (tertiary/aromatic N) is 3. The molecule has 2 aromatic heterocycles. The quantitative estimate of drug-likeness (QED) is 0.384. The molecule has 5 rings (SSSR count). The van der Waals surface area contributed by atoms with E-state index in [1.165, 1.54) is 12.6 Å². The van der Waals surface area contributed by atoms with Crippen molar-refractivity contribution in [2.24, 2.45) is 17.8 Å². The summed E-state index contributed by atoms with van der Waals surface area (Å²) in [5, 5.41) is 22.6. The van der Waals surface area contributed by atoms with Crippen LogP contribution in [0.1, 0.15) is 42.4 Å². The number of pyridine rings is 1. The molecule has 0 saturated heterocycles. The van der Waals surface area contributed by atoms with Gasteiger partial charge in [0.2, 0.25) is 5.91 Å². The van der Waals surface area contributed by atoms with Crippen LogP contribution < -0.4 is 15.4 Å². The number of benzene rings is 1. The summed E-state index contributed by atoms with van der Waals surface area (Å²) in [6, 6.07) is 9.81. The van der Waals surface area contributed by atoms with E-state index in [4.69, 9.17) is 11.6 Å². The van der Waals surface area contributed by atoms with E-state index in [-0.39, 0.29) is 17.7 Å². The highest BCUT2D eigenvalue weighted by atomic mass is 35.5. The maximum absolute atomic E-state index is 13.4. The Bertz CT molecular complexity index is 1260. The van der Waals surface area contributed by atoms with Crippen LogP contribution in [0.15, 0.2) is 48.8 Å². The summed E-state index contributed by atoms with van der Waals surface area (Å²) < 4.78 is 2.40. The van der Waals surface area contributed by atoms with Crippen molar-refractivity contribution < 1.29 is 14.3 Å². The molecule has 0 bridgehead atoms. The smallest absolute Gasteiger partial charge is 0.270 e. The summed E-state index contributed by atoms with van der Waals surface area (Å²) in [4.78, 5) is 26.4. The second kappa shape index (κ2) is 9.34. The molecule has 1 aromatic carbocycles. The second-order valence-corrected chi connectivity index (χ2v) is 9.89. The van der Waals surface area contributed by atoms with E-state index in [0.29, 0.717) is 46.0 Å². The molecular weight excluding hydrogens is 466 g/mol. The number of nitrogens with one attached hydrogen (secondary N) is 2. The van der Waals surface area contributed by atoms with E-state index in [1.54, 1.807) is 42.1 Å². The van der Waals surface area contributed by atoms with Crippen molar-refractivity contribution in [2.75, 3.05) is 5.32 Å². The Labute approximate surface area is 208 Å². The van der Waals surface area contributed by atoms with Crippen LogP contribution in [0.25, 0.3) is 11.1 Å². The van der Waals surface area contributed by atoms with Crippen LogP contribution in [0.4, 0.5) is 5.69 Å². The van der Waals surface area contributed by atoms with Gasteiger partial charge in [-0.1, -0.05) is 23.7 Å². The van der Waals surface area contributed by atoms with Crippen LogP contribution in [-0.2, 0) is 11.3 Å². The predicted molar refractivity (Wildman–Crippen MR) is 133 cm³/mol. The third kappa shape index (κ3) is 4.62. The number of amides is 2. The topological polar surface area (TPSA) is 103 Å². The number of hydrogen-bond acceptors (Lipinski definition) is 4. The number of rotatable bonds is 7. The molecule has 9 heteroatoms. The fourth-order valence-electron chi connectivity index (χ4n) is 5.32. The molecule has 0 spiro atoms. The third-order valence-corrected chi connectivity index (χ3v) is 7.61. The average molecular weight is 494 g/mol. The molecule has 35 heavy (non-hydrogen) atoms. The van der Waals surface area contributed by atoms with Crippen LogP contribution in [0.3, 0.4) is 0 Å². The van der Waals surface area contributed by atoms with Gasteiger partial charge in [-0.25, -0.2) is 0 Å². The van der Waals surface area contributed by atoms with E-state index < -0.39 is 6.04 Å². The maximum Gasteiger partial charge on any atom is 0.270 e. The summed E-state index contributed by atoms with van der Waals surface area (Å²) in [7, 11) is 0. The van der Waals surface area contributed by atoms with E-state index in [9.17, 15) is 14.8 Å². The summed E-state index contributed by atoms with van der Waals surface area (Å²) in [6.45, 7) is 4.21. The Hall–Kier alpha value is -3.39. The minimum atomic E-state index is -0.625. The number of aromatic nitrogens is 3. The van der Waals surface area contributed by atoms with Crippen molar-refractivity contribution in [2.45, 2.75) is 45.7 Å². The molecule has 2 heterocycles. The molecule has 2 saturated carbocycles. The van der Waals surface area contributed by atoms with E-state index >= 15 is 0 Å². The molecule has 3 atom stereocenters. The lowest BCUT2D eigenvalue weighted by Gasteiger charge is -2.25. The number of fused-ring (bicyclic) bond motifs is 1. The molecule has 2 aliphatic carbocycles. The molecule has 2 aliphatic rings. The van der Waals surface area contributed by atoms with Gasteiger partial charge >= 0.3 is 0 Å². The largest absolute Gasteiger partial charge is 0.618 e. The van der Waals surface area contributed by atoms with Gasteiger partial charge in [-0.3, -0.25) is 14.3 Å². The fraction of sp³-hybridized carbons (Fsp3) is 0.385. The first-order chi connectivity index (χ1) is 16.9. The van der Waals surface area contributed by atoms with Crippen molar-refractivity contribution >= 4 is 29.1 Å². The van der Waals surface area contributed by atoms with Gasteiger partial charge < -0.3 is 15.8 Å². The van der Waals surface area contributed by atoms with E-state index in [2.05, 4.69) is 15.7 Å². The second-order valence-electron chi connectivity index (χ2n) is 9.49. The lowest BCUT2D eigenvalue weighted by atomic mass is 9.93. The van der Waals surface area contributed by atoms with Crippen molar-refractivity contribution in [3.8, 4) is 11.1 Å². The predicted octanol–water partition coefficient (Wildman–Crippen LogP) is 3.95. The van der Waals surface area contributed by atoms with Crippen LogP contribution in [0.5, 0.6) is 0 Å².